The summed E-state index contributed by atoms with van der Waals surface area (Å²) in [4.78, 5) is 8.96. The number of nitrogens with zero attached hydrogens (tertiary/aromatic N) is 4. The molecule has 18 heavy (non-hydrogen) atoms. The van der Waals surface area contributed by atoms with Gasteiger partial charge in [0.2, 0.25) is 0 Å². The second kappa shape index (κ2) is 6.48. The standard InChI is InChI=1S/C14H20N4/c1-2-5-17-6-8-18(9-7-17)12-13-3-4-16-14(10-13)11-15/h3-4,10H,2,5-9,12H2,1H3. The molecular weight excluding hydrogens is 224 g/mol. The predicted molar refractivity (Wildman–Crippen MR) is 71.0 cm³/mol. The second-order valence-corrected chi connectivity index (χ2v) is 4.78. The molecule has 1 aromatic heterocycles. The van der Waals surface area contributed by atoms with Gasteiger partial charge in [0.15, 0.2) is 0 Å². The van der Waals surface area contributed by atoms with Crippen molar-refractivity contribution in [3.8, 4) is 6.07 Å². The van der Waals surface area contributed by atoms with E-state index < -0.39 is 0 Å². The fourth-order valence-electron chi connectivity index (χ4n) is 2.38. The molecule has 2 heterocycles. The highest BCUT2D eigenvalue weighted by atomic mass is 15.3. The predicted octanol–water partition coefficient (Wildman–Crippen LogP) is 1.48. The zero-order valence-electron chi connectivity index (χ0n) is 11.0. The van der Waals surface area contributed by atoms with Crippen LogP contribution < -0.4 is 0 Å². The Morgan fingerprint density at radius 3 is 2.67 bits per heavy atom. The monoisotopic (exact) mass is 244 g/mol. The van der Waals surface area contributed by atoms with Crippen LogP contribution in [0.25, 0.3) is 0 Å². The Hall–Kier alpha value is -1.44. The van der Waals surface area contributed by atoms with Crippen LogP contribution in [-0.4, -0.2) is 47.5 Å². The van der Waals surface area contributed by atoms with Crippen molar-refractivity contribution in [3.63, 3.8) is 0 Å². The maximum atomic E-state index is 8.83. The van der Waals surface area contributed by atoms with Crippen molar-refractivity contribution >= 4 is 0 Å². The molecule has 96 valence electrons. The molecule has 0 amide bonds. The molecule has 0 radical (unpaired) electrons. The number of nitriles is 1. The van der Waals surface area contributed by atoms with Crippen LogP contribution >= 0.6 is 0 Å². The molecule has 0 N–H and O–H groups in total. The van der Waals surface area contributed by atoms with E-state index >= 15 is 0 Å². The lowest BCUT2D eigenvalue weighted by atomic mass is 10.2. The number of piperazine rings is 1. The van der Waals surface area contributed by atoms with E-state index in [9.17, 15) is 0 Å². The molecule has 0 unspecified atom stereocenters. The fraction of sp³-hybridized carbons (Fsp3) is 0.571. The van der Waals surface area contributed by atoms with E-state index in [4.69, 9.17) is 5.26 Å². The van der Waals surface area contributed by atoms with Crippen molar-refractivity contribution in [2.45, 2.75) is 19.9 Å². The Kier molecular flexibility index (Phi) is 4.68. The van der Waals surface area contributed by atoms with Crippen molar-refractivity contribution in [2.24, 2.45) is 0 Å². The van der Waals surface area contributed by atoms with E-state index in [-0.39, 0.29) is 0 Å². The lowest BCUT2D eigenvalue weighted by Gasteiger charge is -2.34. The smallest absolute Gasteiger partial charge is 0.140 e. The SMILES string of the molecule is CCCN1CCN(Cc2ccnc(C#N)c2)CC1. The minimum Gasteiger partial charge on any atom is -0.301 e. The Bertz CT molecular complexity index is 416. The summed E-state index contributed by atoms with van der Waals surface area (Å²) in [6.45, 7) is 8.91. The molecule has 0 spiro atoms. The molecule has 1 fully saturated rings. The molecule has 4 heteroatoms. The summed E-state index contributed by atoms with van der Waals surface area (Å²) in [6.07, 6.45) is 2.96. The van der Waals surface area contributed by atoms with E-state index in [2.05, 4.69) is 27.8 Å². The topological polar surface area (TPSA) is 43.2 Å². The third-order valence-electron chi connectivity index (χ3n) is 3.35. The third kappa shape index (κ3) is 3.52. The largest absolute Gasteiger partial charge is 0.301 e. The quantitative estimate of drug-likeness (QED) is 0.804. The summed E-state index contributed by atoms with van der Waals surface area (Å²) < 4.78 is 0. The van der Waals surface area contributed by atoms with Crippen LogP contribution in [0.1, 0.15) is 24.6 Å². The number of hydrogen-bond acceptors (Lipinski definition) is 4. The molecule has 1 aliphatic rings. The van der Waals surface area contributed by atoms with Gasteiger partial charge in [-0.3, -0.25) is 4.90 Å². The van der Waals surface area contributed by atoms with Crippen LogP contribution in [0.5, 0.6) is 0 Å². The molecule has 0 aromatic carbocycles. The summed E-state index contributed by atoms with van der Waals surface area (Å²) in [7, 11) is 0. The molecule has 0 atom stereocenters. The van der Waals surface area contributed by atoms with E-state index in [0.717, 1.165) is 32.7 Å². The van der Waals surface area contributed by atoms with Gasteiger partial charge < -0.3 is 4.90 Å². The summed E-state index contributed by atoms with van der Waals surface area (Å²) in [6, 6.07) is 5.98. The van der Waals surface area contributed by atoms with E-state index in [1.165, 1.54) is 18.5 Å². The molecule has 0 aliphatic carbocycles. The Labute approximate surface area is 109 Å². The summed E-state index contributed by atoms with van der Waals surface area (Å²) in [5.41, 5.74) is 1.70. The van der Waals surface area contributed by atoms with E-state index in [0.29, 0.717) is 5.69 Å². The number of rotatable bonds is 4. The summed E-state index contributed by atoms with van der Waals surface area (Å²) in [5, 5.41) is 8.83. The summed E-state index contributed by atoms with van der Waals surface area (Å²) >= 11 is 0. The van der Waals surface area contributed by atoms with Crippen molar-refractivity contribution in [1.29, 1.82) is 5.26 Å². The van der Waals surface area contributed by atoms with Gasteiger partial charge in [-0.15, -0.1) is 0 Å². The van der Waals surface area contributed by atoms with Crippen LogP contribution in [0.4, 0.5) is 0 Å². The number of pyridine rings is 1. The van der Waals surface area contributed by atoms with Gasteiger partial charge >= 0.3 is 0 Å². The van der Waals surface area contributed by atoms with Crippen molar-refractivity contribution < 1.29 is 0 Å². The average Bonchev–Trinajstić information content (AvgIpc) is 2.42. The van der Waals surface area contributed by atoms with Crippen LogP contribution in [-0.2, 0) is 6.54 Å². The van der Waals surface area contributed by atoms with E-state index in [1.807, 2.05) is 12.1 Å². The number of aromatic nitrogens is 1. The Morgan fingerprint density at radius 1 is 1.28 bits per heavy atom. The first-order valence-electron chi connectivity index (χ1n) is 6.61. The van der Waals surface area contributed by atoms with Crippen molar-refractivity contribution in [3.05, 3.63) is 29.6 Å². The van der Waals surface area contributed by atoms with Gasteiger partial charge in [-0.1, -0.05) is 6.92 Å². The van der Waals surface area contributed by atoms with Gasteiger partial charge in [0.1, 0.15) is 11.8 Å². The first kappa shape index (κ1) is 13.0. The zero-order chi connectivity index (χ0) is 12.8. The van der Waals surface area contributed by atoms with Crippen LogP contribution in [0, 0.1) is 11.3 Å². The molecule has 2 rings (SSSR count). The van der Waals surface area contributed by atoms with Gasteiger partial charge in [0, 0.05) is 38.9 Å². The van der Waals surface area contributed by atoms with Crippen LogP contribution in [0.3, 0.4) is 0 Å². The average molecular weight is 244 g/mol. The molecule has 0 saturated carbocycles. The Balaban J connectivity index is 1.86. The van der Waals surface area contributed by atoms with E-state index in [1.54, 1.807) is 6.20 Å². The van der Waals surface area contributed by atoms with Gasteiger partial charge in [-0.2, -0.15) is 5.26 Å². The van der Waals surface area contributed by atoms with Crippen molar-refractivity contribution in [1.82, 2.24) is 14.8 Å². The van der Waals surface area contributed by atoms with Gasteiger partial charge in [-0.05, 0) is 30.7 Å². The Morgan fingerprint density at radius 2 is 2.00 bits per heavy atom. The first-order chi connectivity index (χ1) is 8.81. The second-order valence-electron chi connectivity index (χ2n) is 4.78. The third-order valence-corrected chi connectivity index (χ3v) is 3.35. The van der Waals surface area contributed by atoms with Gasteiger partial charge in [0.05, 0.1) is 0 Å². The van der Waals surface area contributed by atoms with Crippen LogP contribution in [0.15, 0.2) is 18.3 Å². The molecule has 1 aromatic rings. The molecule has 1 saturated heterocycles. The highest BCUT2D eigenvalue weighted by molar-refractivity contribution is 5.25. The molecule has 0 bridgehead atoms. The first-order valence-corrected chi connectivity index (χ1v) is 6.61. The van der Waals surface area contributed by atoms with Crippen LogP contribution in [0.2, 0.25) is 0 Å². The summed E-state index contributed by atoms with van der Waals surface area (Å²) in [5.74, 6) is 0. The highest BCUT2D eigenvalue weighted by Gasteiger charge is 2.16. The minimum absolute atomic E-state index is 0.511. The minimum atomic E-state index is 0.511. The lowest BCUT2D eigenvalue weighted by Crippen LogP contribution is -2.45. The molecule has 1 aliphatic heterocycles. The van der Waals surface area contributed by atoms with Gasteiger partial charge in [-0.25, -0.2) is 4.98 Å². The molecular formula is C14H20N4. The highest BCUT2D eigenvalue weighted by Crippen LogP contribution is 2.09. The van der Waals surface area contributed by atoms with Gasteiger partial charge in [0.25, 0.3) is 0 Å². The molecule has 4 nitrogen and oxygen atoms in total. The number of hydrogen-bond donors (Lipinski definition) is 0. The fourth-order valence-corrected chi connectivity index (χ4v) is 2.38. The lowest BCUT2D eigenvalue weighted by molar-refractivity contribution is 0.127. The zero-order valence-corrected chi connectivity index (χ0v) is 11.0. The van der Waals surface area contributed by atoms with Crippen molar-refractivity contribution in [2.75, 3.05) is 32.7 Å². The maximum absolute atomic E-state index is 8.83. The normalized spacial score (nSPS) is 17.6. The maximum Gasteiger partial charge on any atom is 0.140 e.